The van der Waals surface area contributed by atoms with E-state index in [1.54, 1.807) is 53.3 Å². The van der Waals surface area contributed by atoms with E-state index in [9.17, 15) is 22.8 Å². The van der Waals surface area contributed by atoms with Gasteiger partial charge in [0.1, 0.15) is 5.88 Å². The van der Waals surface area contributed by atoms with Crippen LogP contribution in [0, 0.1) is 0 Å². The second-order valence-corrected chi connectivity index (χ2v) is 7.21. The Balaban J connectivity index is 1.64. The summed E-state index contributed by atoms with van der Waals surface area (Å²) in [7, 11) is 0. The molecule has 0 saturated heterocycles. The van der Waals surface area contributed by atoms with Crippen molar-refractivity contribution in [3.63, 3.8) is 0 Å². The van der Waals surface area contributed by atoms with Crippen LogP contribution in [-0.4, -0.2) is 32.3 Å². The maximum absolute atomic E-state index is 13.3. The Morgan fingerprint density at radius 3 is 2.55 bits per heavy atom. The Morgan fingerprint density at radius 2 is 1.79 bits per heavy atom. The number of hydrogen-bond donors (Lipinski definition) is 2. The molecule has 0 radical (unpaired) electrons. The summed E-state index contributed by atoms with van der Waals surface area (Å²) in [4.78, 5) is 28.5. The molecule has 0 unspecified atom stereocenters. The summed E-state index contributed by atoms with van der Waals surface area (Å²) in [5.41, 5.74) is 0.877. The van der Waals surface area contributed by atoms with E-state index in [-0.39, 0.29) is 11.3 Å². The van der Waals surface area contributed by atoms with Gasteiger partial charge >= 0.3 is 6.18 Å². The van der Waals surface area contributed by atoms with Gasteiger partial charge in [-0.05, 0) is 36.4 Å². The first-order valence-corrected chi connectivity index (χ1v) is 10.1. The predicted molar refractivity (Wildman–Crippen MR) is 117 cm³/mol. The summed E-state index contributed by atoms with van der Waals surface area (Å²) in [5, 5.41) is 9.06. The number of hydrogen-bond acceptors (Lipinski definition) is 4. The van der Waals surface area contributed by atoms with Crippen LogP contribution in [0.3, 0.4) is 0 Å². The van der Waals surface area contributed by atoms with Crippen LogP contribution < -0.4 is 10.6 Å². The SMILES string of the molecule is O=C(CCl)Nc1cc(C(=O)Nc2cccc(-c3ccnc4ccnn34)c2)cc(C(F)(F)F)c1. The molecule has 0 atom stereocenters. The second kappa shape index (κ2) is 8.91. The van der Waals surface area contributed by atoms with E-state index in [2.05, 4.69) is 20.7 Å². The molecule has 7 nitrogen and oxygen atoms in total. The standard InChI is InChI=1S/C22H15ClF3N5O2/c23-12-20(32)29-17-10-14(8-15(11-17)22(24,25)26)21(33)30-16-3-1-2-13(9-16)18-4-6-27-19-5-7-28-31(18)19/h1-11H,12H2,(H,29,32)(H,30,33). The van der Waals surface area contributed by atoms with Crippen molar-refractivity contribution < 1.29 is 22.8 Å². The minimum Gasteiger partial charge on any atom is -0.325 e. The minimum atomic E-state index is -4.72. The smallest absolute Gasteiger partial charge is 0.325 e. The highest BCUT2D eigenvalue weighted by Crippen LogP contribution is 2.32. The molecule has 0 fully saturated rings. The molecule has 2 aromatic heterocycles. The fraction of sp³-hybridized carbons (Fsp3) is 0.0909. The first-order chi connectivity index (χ1) is 15.7. The van der Waals surface area contributed by atoms with Gasteiger partial charge in [0.25, 0.3) is 5.91 Å². The lowest BCUT2D eigenvalue weighted by Gasteiger charge is -2.13. The molecular weight excluding hydrogens is 459 g/mol. The number of fused-ring (bicyclic) bond motifs is 1. The summed E-state index contributed by atoms with van der Waals surface area (Å²) >= 11 is 5.41. The molecule has 168 valence electrons. The number of aromatic nitrogens is 3. The fourth-order valence-corrected chi connectivity index (χ4v) is 3.27. The van der Waals surface area contributed by atoms with Crippen molar-refractivity contribution in [3.05, 3.63) is 78.1 Å². The lowest BCUT2D eigenvalue weighted by atomic mass is 10.1. The molecular formula is C22H15ClF3N5O2. The zero-order chi connectivity index (χ0) is 23.6. The van der Waals surface area contributed by atoms with E-state index in [1.807, 2.05) is 0 Å². The van der Waals surface area contributed by atoms with Crippen molar-refractivity contribution in [2.75, 3.05) is 16.5 Å². The number of alkyl halides is 4. The molecule has 11 heteroatoms. The van der Waals surface area contributed by atoms with Gasteiger partial charge < -0.3 is 10.6 Å². The van der Waals surface area contributed by atoms with Crippen LogP contribution in [0.15, 0.2) is 67.0 Å². The van der Waals surface area contributed by atoms with Gasteiger partial charge in [-0.2, -0.15) is 18.3 Å². The van der Waals surface area contributed by atoms with Crippen LogP contribution in [-0.2, 0) is 11.0 Å². The summed E-state index contributed by atoms with van der Waals surface area (Å²) in [6, 6.07) is 12.9. The first-order valence-electron chi connectivity index (χ1n) is 9.53. The third kappa shape index (κ3) is 4.96. The number of anilines is 2. The van der Waals surface area contributed by atoms with Gasteiger partial charge in [-0.25, -0.2) is 9.50 Å². The van der Waals surface area contributed by atoms with Gasteiger partial charge in [0.15, 0.2) is 5.65 Å². The summed E-state index contributed by atoms with van der Waals surface area (Å²) in [5.74, 6) is -1.92. The quantitative estimate of drug-likeness (QED) is 0.406. The van der Waals surface area contributed by atoms with Crippen LogP contribution in [0.5, 0.6) is 0 Å². The first kappa shape index (κ1) is 22.3. The molecule has 0 spiro atoms. The molecule has 0 saturated carbocycles. The van der Waals surface area contributed by atoms with Crippen LogP contribution in [0.2, 0.25) is 0 Å². The molecule has 2 N–H and O–H groups in total. The van der Waals surface area contributed by atoms with Gasteiger partial charge in [0, 0.05) is 34.8 Å². The largest absolute Gasteiger partial charge is 0.416 e. The zero-order valence-electron chi connectivity index (χ0n) is 16.7. The molecule has 2 heterocycles. The number of rotatable bonds is 5. The average Bonchev–Trinajstić information content (AvgIpc) is 3.27. The lowest BCUT2D eigenvalue weighted by Crippen LogP contribution is -2.17. The molecule has 0 aliphatic heterocycles. The Morgan fingerprint density at radius 1 is 0.970 bits per heavy atom. The van der Waals surface area contributed by atoms with Crippen LogP contribution in [0.25, 0.3) is 16.9 Å². The Kier molecular flexibility index (Phi) is 6.01. The highest BCUT2D eigenvalue weighted by atomic mass is 35.5. The normalized spacial score (nSPS) is 11.4. The van der Waals surface area contributed by atoms with E-state index in [0.717, 1.165) is 12.1 Å². The molecule has 4 aromatic rings. The van der Waals surface area contributed by atoms with Gasteiger partial charge in [0.05, 0.1) is 17.5 Å². The highest BCUT2D eigenvalue weighted by Gasteiger charge is 2.32. The monoisotopic (exact) mass is 473 g/mol. The Labute approximate surface area is 190 Å². The molecule has 0 aliphatic carbocycles. The van der Waals surface area contributed by atoms with E-state index >= 15 is 0 Å². The number of halogens is 4. The van der Waals surface area contributed by atoms with Crippen LogP contribution >= 0.6 is 11.6 Å². The Bertz CT molecular complexity index is 1350. The number of benzene rings is 2. The maximum atomic E-state index is 13.3. The maximum Gasteiger partial charge on any atom is 0.416 e. The number of nitrogens with zero attached hydrogens (tertiary/aromatic N) is 3. The van der Waals surface area contributed by atoms with Crippen molar-refractivity contribution in [1.29, 1.82) is 0 Å². The molecule has 2 aromatic carbocycles. The third-order valence-corrected chi connectivity index (χ3v) is 4.88. The van der Waals surface area contributed by atoms with Crippen molar-refractivity contribution in [2.24, 2.45) is 0 Å². The van der Waals surface area contributed by atoms with Crippen molar-refractivity contribution in [2.45, 2.75) is 6.18 Å². The van der Waals surface area contributed by atoms with Crippen molar-refractivity contribution >= 4 is 40.4 Å². The summed E-state index contributed by atoms with van der Waals surface area (Å²) in [6.07, 6.45) is -1.49. The van der Waals surface area contributed by atoms with Gasteiger partial charge in [-0.1, -0.05) is 12.1 Å². The van der Waals surface area contributed by atoms with Gasteiger partial charge in [-0.3, -0.25) is 9.59 Å². The van der Waals surface area contributed by atoms with E-state index in [4.69, 9.17) is 11.6 Å². The lowest BCUT2D eigenvalue weighted by molar-refractivity contribution is -0.137. The third-order valence-electron chi connectivity index (χ3n) is 4.63. The highest BCUT2D eigenvalue weighted by molar-refractivity contribution is 6.29. The second-order valence-electron chi connectivity index (χ2n) is 6.94. The van der Waals surface area contributed by atoms with Gasteiger partial charge in [-0.15, -0.1) is 11.6 Å². The van der Waals surface area contributed by atoms with Crippen LogP contribution in [0.4, 0.5) is 24.5 Å². The molecule has 2 amide bonds. The van der Waals surface area contributed by atoms with Crippen molar-refractivity contribution in [1.82, 2.24) is 14.6 Å². The molecule has 4 rings (SSSR count). The summed E-state index contributed by atoms with van der Waals surface area (Å²) < 4.78 is 41.6. The number of nitrogens with one attached hydrogen (secondary N) is 2. The number of amides is 2. The average molecular weight is 474 g/mol. The predicted octanol–water partition coefficient (Wildman–Crippen LogP) is 4.84. The summed E-state index contributed by atoms with van der Waals surface area (Å²) in [6.45, 7) is 0. The number of carbonyl (C=O) groups is 2. The minimum absolute atomic E-state index is 0.188. The fourth-order valence-electron chi connectivity index (χ4n) is 3.20. The van der Waals surface area contributed by atoms with Crippen LogP contribution in [0.1, 0.15) is 15.9 Å². The topological polar surface area (TPSA) is 88.4 Å². The molecule has 0 bridgehead atoms. The molecule has 0 aliphatic rings. The molecule has 33 heavy (non-hydrogen) atoms. The zero-order valence-corrected chi connectivity index (χ0v) is 17.5. The Hall–Kier alpha value is -3.92. The van der Waals surface area contributed by atoms with E-state index in [1.165, 1.54) is 0 Å². The van der Waals surface area contributed by atoms with E-state index < -0.39 is 29.4 Å². The van der Waals surface area contributed by atoms with Gasteiger partial charge in [0.2, 0.25) is 5.91 Å². The number of carbonyl (C=O) groups excluding carboxylic acids is 2. The van der Waals surface area contributed by atoms with E-state index in [0.29, 0.717) is 28.7 Å². The van der Waals surface area contributed by atoms with Crippen molar-refractivity contribution in [3.8, 4) is 11.3 Å².